The molecule has 1 rings (SSSR count). The van der Waals surface area contributed by atoms with E-state index >= 15 is 0 Å². The molecule has 0 bridgehead atoms. The van der Waals surface area contributed by atoms with Crippen LogP contribution in [0.2, 0.25) is 0 Å². The van der Waals surface area contributed by atoms with Gasteiger partial charge in [-0.3, -0.25) is 0 Å². The molecule has 0 saturated heterocycles. The van der Waals surface area contributed by atoms with E-state index in [0.29, 0.717) is 11.3 Å². The van der Waals surface area contributed by atoms with Crippen molar-refractivity contribution in [3.63, 3.8) is 0 Å². The molecule has 0 spiro atoms. The Morgan fingerprint density at radius 3 is 2.40 bits per heavy atom. The Morgan fingerprint density at radius 1 is 1.27 bits per heavy atom. The number of rotatable bonds is 2. The molecule has 0 aliphatic carbocycles. The van der Waals surface area contributed by atoms with E-state index in [9.17, 15) is 9.59 Å². The molecule has 0 amide bonds. The number of carbonyl (C=O) groups is 2. The zero-order chi connectivity index (χ0) is 11.3. The van der Waals surface area contributed by atoms with Crippen molar-refractivity contribution < 1.29 is 18.5 Å². The summed E-state index contributed by atoms with van der Waals surface area (Å²) >= 11 is 0.295. The van der Waals surface area contributed by atoms with Crippen molar-refractivity contribution >= 4 is 34.1 Å². The fourth-order valence-corrected chi connectivity index (χ4v) is 1.11. The molecule has 15 heavy (non-hydrogen) atoms. The lowest BCUT2D eigenvalue weighted by molar-refractivity contribution is 0.0547. The molecule has 0 heterocycles. The minimum absolute atomic E-state index is 0.275. The lowest BCUT2D eigenvalue weighted by atomic mass is 10.2. The summed E-state index contributed by atoms with van der Waals surface area (Å²) in [6.07, 6.45) is -1.14. The van der Waals surface area contributed by atoms with E-state index in [1.807, 2.05) is 6.92 Å². The van der Waals surface area contributed by atoms with E-state index in [0.717, 1.165) is 5.56 Å². The van der Waals surface area contributed by atoms with Gasteiger partial charge in [0.25, 0.3) is 0 Å². The number of esters is 1. The van der Waals surface area contributed by atoms with Gasteiger partial charge < -0.3 is 8.92 Å². The predicted octanol–water partition coefficient (Wildman–Crippen LogP) is 3.09. The number of halogens is 1. The third-order valence-electron chi connectivity index (χ3n) is 1.56. The second-order valence-electron chi connectivity index (χ2n) is 2.65. The monoisotopic (exact) mass is 246 g/mol. The van der Waals surface area contributed by atoms with Gasteiger partial charge in [0.2, 0.25) is 0 Å². The second-order valence-corrected chi connectivity index (χ2v) is 3.32. The first-order valence-corrected chi connectivity index (χ1v) is 5.48. The summed E-state index contributed by atoms with van der Waals surface area (Å²) in [6.45, 7) is 1.88. The minimum Gasteiger partial charge on any atom is -0.356 e. The average molecular weight is 247 g/mol. The molecule has 4 nitrogen and oxygen atoms in total. The highest BCUT2D eigenvalue weighted by Gasteiger charge is 2.13. The maximum Gasteiger partial charge on any atom is 0.530 e. The molecule has 1 aromatic rings. The molecular formula is C9H7ClO4S. The van der Waals surface area contributed by atoms with Crippen molar-refractivity contribution in [1.82, 2.24) is 0 Å². The third-order valence-corrected chi connectivity index (χ3v) is 1.95. The van der Waals surface area contributed by atoms with E-state index in [4.69, 9.17) is 10.7 Å². The smallest absolute Gasteiger partial charge is 0.356 e. The van der Waals surface area contributed by atoms with Crippen molar-refractivity contribution in [1.29, 1.82) is 0 Å². The Bertz CT molecular complexity index is 363. The maximum atomic E-state index is 11.3. The molecule has 0 unspecified atom stereocenters. The van der Waals surface area contributed by atoms with Crippen LogP contribution >= 0.6 is 21.9 Å². The normalized spacial score (nSPS) is 9.47. The van der Waals surface area contributed by atoms with Crippen LogP contribution in [0.4, 0.5) is 4.79 Å². The van der Waals surface area contributed by atoms with E-state index in [-0.39, 0.29) is 5.56 Å². The lowest BCUT2D eigenvalue weighted by Gasteiger charge is -2.01. The van der Waals surface area contributed by atoms with Gasteiger partial charge in [-0.15, -0.1) is 0 Å². The molecule has 1 aromatic carbocycles. The van der Waals surface area contributed by atoms with Crippen molar-refractivity contribution in [3.8, 4) is 0 Å². The average Bonchev–Trinajstić information content (AvgIpc) is 2.18. The lowest BCUT2D eigenvalue weighted by Crippen LogP contribution is -2.11. The Hall–Kier alpha value is -1.20. The van der Waals surface area contributed by atoms with Crippen LogP contribution in [0.15, 0.2) is 24.3 Å². The Balaban J connectivity index is 2.61. The van der Waals surface area contributed by atoms with Gasteiger partial charge in [-0.1, -0.05) is 17.7 Å². The van der Waals surface area contributed by atoms with Crippen molar-refractivity contribution in [2.75, 3.05) is 0 Å². The molecule has 0 saturated carbocycles. The number of aryl methyl sites for hydroxylation is 1. The summed E-state index contributed by atoms with van der Waals surface area (Å²) in [5.41, 5.74) is 1.28. The maximum absolute atomic E-state index is 11.3. The van der Waals surface area contributed by atoms with Crippen LogP contribution in [-0.4, -0.2) is 12.1 Å². The van der Waals surface area contributed by atoms with Crippen LogP contribution in [0, 0.1) is 6.92 Å². The van der Waals surface area contributed by atoms with Gasteiger partial charge in [-0.25, -0.2) is 9.59 Å². The van der Waals surface area contributed by atoms with Gasteiger partial charge in [0, 0.05) is 10.7 Å². The Labute approximate surface area is 95.2 Å². The Kier molecular flexibility index (Phi) is 4.45. The van der Waals surface area contributed by atoms with Crippen LogP contribution in [-0.2, 0) is 8.92 Å². The summed E-state index contributed by atoms with van der Waals surface area (Å²) < 4.78 is 8.47. The van der Waals surface area contributed by atoms with Gasteiger partial charge in [0.15, 0.2) is 11.3 Å². The highest BCUT2D eigenvalue weighted by molar-refractivity contribution is 8.17. The van der Waals surface area contributed by atoms with Gasteiger partial charge in [-0.2, -0.15) is 0 Å². The van der Waals surface area contributed by atoms with Crippen LogP contribution in [0.3, 0.4) is 0 Å². The summed E-state index contributed by atoms with van der Waals surface area (Å²) in [5.74, 6) is -0.772. The summed E-state index contributed by atoms with van der Waals surface area (Å²) in [6, 6.07) is 6.58. The van der Waals surface area contributed by atoms with Crippen LogP contribution in [0.25, 0.3) is 0 Å². The first-order valence-electron chi connectivity index (χ1n) is 3.91. The van der Waals surface area contributed by atoms with Gasteiger partial charge >= 0.3 is 12.1 Å². The number of hydrogen-bond donors (Lipinski definition) is 0. The SMILES string of the molecule is Cc1ccc(C(=O)OC(=O)OSCl)cc1. The molecule has 0 atom stereocenters. The zero-order valence-electron chi connectivity index (χ0n) is 7.73. The van der Waals surface area contributed by atoms with Gasteiger partial charge in [-0.05, 0) is 19.1 Å². The van der Waals surface area contributed by atoms with E-state index < -0.39 is 12.1 Å². The quantitative estimate of drug-likeness (QED) is 0.456. The third kappa shape index (κ3) is 3.81. The molecule has 0 fully saturated rings. The fraction of sp³-hybridized carbons (Fsp3) is 0.111. The van der Waals surface area contributed by atoms with Crippen molar-refractivity contribution in [2.45, 2.75) is 6.92 Å². The van der Waals surface area contributed by atoms with Gasteiger partial charge in [0.1, 0.15) is 0 Å². The molecule has 0 aromatic heterocycles. The molecule has 0 N–H and O–H groups in total. The molecule has 80 valence electrons. The first-order chi connectivity index (χ1) is 7.13. The summed E-state index contributed by atoms with van der Waals surface area (Å²) in [4.78, 5) is 22.0. The number of benzene rings is 1. The number of hydrogen-bond acceptors (Lipinski definition) is 5. The number of carbonyl (C=O) groups excluding carboxylic acids is 2. The Morgan fingerprint density at radius 2 is 1.87 bits per heavy atom. The van der Waals surface area contributed by atoms with Crippen molar-refractivity contribution in [2.24, 2.45) is 0 Å². The highest BCUT2D eigenvalue weighted by Crippen LogP contribution is 2.11. The summed E-state index contributed by atoms with van der Waals surface area (Å²) in [5, 5.41) is 0. The predicted molar refractivity (Wildman–Crippen MR) is 56.5 cm³/mol. The van der Waals surface area contributed by atoms with E-state index in [1.165, 1.54) is 0 Å². The zero-order valence-corrected chi connectivity index (χ0v) is 9.30. The minimum atomic E-state index is -1.14. The molecule has 0 aliphatic rings. The number of ether oxygens (including phenoxy) is 1. The largest absolute Gasteiger partial charge is 0.530 e. The van der Waals surface area contributed by atoms with Crippen LogP contribution < -0.4 is 0 Å². The van der Waals surface area contributed by atoms with E-state index in [1.54, 1.807) is 24.3 Å². The molecule has 0 aliphatic heterocycles. The van der Waals surface area contributed by atoms with E-state index in [2.05, 4.69) is 8.92 Å². The van der Waals surface area contributed by atoms with Crippen molar-refractivity contribution in [3.05, 3.63) is 35.4 Å². The fourth-order valence-electron chi connectivity index (χ4n) is 0.867. The first kappa shape index (κ1) is 11.9. The second kappa shape index (κ2) is 5.63. The van der Waals surface area contributed by atoms with Gasteiger partial charge in [0.05, 0.1) is 5.56 Å². The highest BCUT2D eigenvalue weighted by atomic mass is 35.7. The molecular weight excluding hydrogens is 240 g/mol. The van der Waals surface area contributed by atoms with Crippen LogP contribution in [0.5, 0.6) is 0 Å². The topological polar surface area (TPSA) is 52.6 Å². The standard InChI is InChI=1S/C9H7ClO4S/c1-6-2-4-7(5-3-6)8(11)13-9(12)14-15-10/h2-5H,1H3. The summed E-state index contributed by atoms with van der Waals surface area (Å²) in [7, 11) is 5.03. The molecule has 0 radical (unpaired) electrons. The van der Waals surface area contributed by atoms with Crippen LogP contribution in [0.1, 0.15) is 15.9 Å². The molecule has 6 heteroatoms.